The smallest absolute Gasteiger partial charge is 0.0408 e. The van der Waals surface area contributed by atoms with Crippen molar-refractivity contribution in [3.63, 3.8) is 0 Å². The van der Waals surface area contributed by atoms with Crippen molar-refractivity contribution in [3.8, 4) is 0 Å². The van der Waals surface area contributed by atoms with E-state index in [9.17, 15) is 0 Å². The molecule has 1 unspecified atom stereocenters. The van der Waals surface area contributed by atoms with E-state index in [2.05, 4.69) is 38.2 Å². The van der Waals surface area contributed by atoms with E-state index in [0.29, 0.717) is 12.0 Å². The van der Waals surface area contributed by atoms with E-state index in [1.54, 1.807) is 0 Å². The van der Waals surface area contributed by atoms with Gasteiger partial charge in [0.1, 0.15) is 0 Å². The molecule has 1 atom stereocenters. The first-order chi connectivity index (χ1) is 8.13. The normalized spacial score (nSPS) is 13.0. The minimum atomic E-state index is 0.605. The molecule has 0 spiro atoms. The van der Waals surface area contributed by atoms with E-state index in [4.69, 9.17) is 11.6 Å². The van der Waals surface area contributed by atoms with Crippen molar-refractivity contribution < 1.29 is 0 Å². The minimum absolute atomic E-state index is 0.605. The molecule has 1 aromatic carbocycles. The van der Waals surface area contributed by atoms with Crippen molar-refractivity contribution in [2.45, 2.75) is 46.1 Å². The lowest BCUT2D eigenvalue weighted by molar-refractivity contribution is 0.378. The van der Waals surface area contributed by atoms with Crippen molar-refractivity contribution in [2.75, 3.05) is 6.54 Å². The zero-order valence-corrected chi connectivity index (χ0v) is 11.9. The Morgan fingerprint density at radius 3 is 2.65 bits per heavy atom. The van der Waals surface area contributed by atoms with E-state index in [0.717, 1.165) is 18.0 Å². The van der Waals surface area contributed by atoms with Gasteiger partial charge >= 0.3 is 0 Å². The van der Waals surface area contributed by atoms with Crippen LogP contribution in [-0.2, 0) is 6.42 Å². The Balaban J connectivity index is 2.45. The zero-order valence-electron chi connectivity index (χ0n) is 11.2. The molecular weight excluding hydrogens is 230 g/mol. The van der Waals surface area contributed by atoms with Crippen LogP contribution in [0.2, 0.25) is 5.02 Å². The molecule has 1 rings (SSSR count). The third-order valence-corrected chi connectivity index (χ3v) is 3.33. The van der Waals surface area contributed by atoms with Crippen LogP contribution in [0.3, 0.4) is 0 Å². The van der Waals surface area contributed by atoms with E-state index < -0.39 is 0 Å². The molecule has 2 heteroatoms. The maximum absolute atomic E-state index is 5.99. The van der Waals surface area contributed by atoms with Gasteiger partial charge in [-0.2, -0.15) is 0 Å². The third kappa shape index (κ3) is 5.56. The van der Waals surface area contributed by atoms with Gasteiger partial charge in [0.2, 0.25) is 0 Å². The molecule has 1 N–H and O–H groups in total. The minimum Gasteiger partial charge on any atom is -0.314 e. The topological polar surface area (TPSA) is 12.0 Å². The first kappa shape index (κ1) is 14.5. The van der Waals surface area contributed by atoms with Gasteiger partial charge in [0.15, 0.2) is 0 Å². The van der Waals surface area contributed by atoms with E-state index in [1.807, 2.05) is 12.1 Å². The molecule has 0 radical (unpaired) electrons. The Bertz CT molecular complexity index is 322. The van der Waals surface area contributed by atoms with Crippen molar-refractivity contribution in [1.82, 2.24) is 5.32 Å². The summed E-state index contributed by atoms with van der Waals surface area (Å²) in [7, 11) is 0. The number of nitrogens with one attached hydrogen (secondary N) is 1. The van der Waals surface area contributed by atoms with Crippen LogP contribution in [-0.4, -0.2) is 12.6 Å². The van der Waals surface area contributed by atoms with Gasteiger partial charge in [0.05, 0.1) is 0 Å². The third-order valence-electron chi connectivity index (χ3n) is 3.09. The predicted octanol–water partition coefficient (Wildman–Crippen LogP) is 4.30. The van der Waals surface area contributed by atoms with Gasteiger partial charge in [0, 0.05) is 11.1 Å². The maximum atomic E-state index is 5.99. The highest BCUT2D eigenvalue weighted by Gasteiger charge is 2.11. The number of hydrogen-bond donors (Lipinski definition) is 1. The molecule has 0 heterocycles. The molecule has 0 bridgehead atoms. The summed E-state index contributed by atoms with van der Waals surface area (Å²) >= 11 is 5.99. The highest BCUT2D eigenvalue weighted by Crippen LogP contribution is 2.15. The first-order valence-corrected chi connectivity index (χ1v) is 6.99. The molecule has 0 saturated carbocycles. The quantitative estimate of drug-likeness (QED) is 0.764. The van der Waals surface area contributed by atoms with Gasteiger partial charge in [-0.05, 0) is 49.4 Å². The van der Waals surface area contributed by atoms with E-state index in [1.165, 1.54) is 18.4 Å². The molecule has 0 amide bonds. The Kier molecular flexibility index (Phi) is 6.61. The fourth-order valence-corrected chi connectivity index (χ4v) is 2.23. The summed E-state index contributed by atoms with van der Waals surface area (Å²) < 4.78 is 0. The van der Waals surface area contributed by atoms with Gasteiger partial charge in [-0.3, -0.25) is 0 Å². The summed E-state index contributed by atoms with van der Waals surface area (Å²) in [6, 6.07) is 8.79. The molecule has 17 heavy (non-hydrogen) atoms. The van der Waals surface area contributed by atoms with E-state index in [-0.39, 0.29) is 0 Å². The Hall–Kier alpha value is -0.530. The predicted molar refractivity (Wildman–Crippen MR) is 76.7 cm³/mol. The lowest BCUT2D eigenvalue weighted by atomic mass is 9.96. The molecule has 0 saturated heterocycles. The van der Waals surface area contributed by atoms with Crippen LogP contribution in [0.25, 0.3) is 0 Å². The second-order valence-corrected chi connectivity index (χ2v) is 5.41. The van der Waals surface area contributed by atoms with Crippen molar-refractivity contribution >= 4 is 11.6 Å². The van der Waals surface area contributed by atoms with Crippen molar-refractivity contribution in [3.05, 3.63) is 34.9 Å². The highest BCUT2D eigenvalue weighted by atomic mass is 35.5. The summed E-state index contributed by atoms with van der Waals surface area (Å²) in [6.45, 7) is 7.89. The van der Waals surface area contributed by atoms with Crippen molar-refractivity contribution in [2.24, 2.45) is 5.92 Å². The second kappa shape index (κ2) is 7.73. The van der Waals surface area contributed by atoms with Crippen LogP contribution in [0.1, 0.15) is 39.2 Å². The molecular formula is C15H24ClN. The Labute approximate surface area is 111 Å². The van der Waals surface area contributed by atoms with Gasteiger partial charge < -0.3 is 5.32 Å². The number of halogens is 1. The Morgan fingerprint density at radius 1 is 1.29 bits per heavy atom. The fourth-order valence-electron chi connectivity index (χ4n) is 2.02. The molecule has 0 fully saturated rings. The first-order valence-electron chi connectivity index (χ1n) is 6.61. The number of benzene rings is 1. The van der Waals surface area contributed by atoms with Gasteiger partial charge in [0.25, 0.3) is 0 Å². The summed E-state index contributed by atoms with van der Waals surface area (Å²) in [5.74, 6) is 0.681. The van der Waals surface area contributed by atoms with Gasteiger partial charge in [-0.15, -0.1) is 0 Å². The summed E-state index contributed by atoms with van der Waals surface area (Å²) in [5.41, 5.74) is 1.33. The average molecular weight is 254 g/mol. The number of rotatable bonds is 7. The molecule has 0 aliphatic carbocycles. The monoisotopic (exact) mass is 253 g/mol. The standard InChI is InChI=1S/C15H24ClN/c1-4-10-17-15(12(2)3)9-8-13-6-5-7-14(16)11-13/h5-7,11-12,15,17H,4,8-10H2,1-3H3. The fraction of sp³-hybridized carbons (Fsp3) is 0.600. The summed E-state index contributed by atoms with van der Waals surface area (Å²) in [6.07, 6.45) is 3.47. The maximum Gasteiger partial charge on any atom is 0.0408 e. The SMILES string of the molecule is CCCNC(CCc1cccc(Cl)c1)C(C)C. The van der Waals surface area contributed by atoms with E-state index >= 15 is 0 Å². The molecule has 0 aliphatic rings. The van der Waals surface area contributed by atoms with Crippen LogP contribution >= 0.6 is 11.6 Å². The highest BCUT2D eigenvalue weighted by molar-refractivity contribution is 6.30. The lowest BCUT2D eigenvalue weighted by Crippen LogP contribution is -2.34. The van der Waals surface area contributed by atoms with Crippen LogP contribution in [0.15, 0.2) is 24.3 Å². The molecule has 1 aromatic rings. The Morgan fingerprint density at radius 2 is 2.06 bits per heavy atom. The van der Waals surface area contributed by atoms with Crippen LogP contribution in [0, 0.1) is 5.92 Å². The zero-order chi connectivity index (χ0) is 12.7. The van der Waals surface area contributed by atoms with Gasteiger partial charge in [-0.25, -0.2) is 0 Å². The molecule has 0 aliphatic heterocycles. The van der Waals surface area contributed by atoms with Crippen LogP contribution < -0.4 is 5.32 Å². The summed E-state index contributed by atoms with van der Waals surface area (Å²) in [4.78, 5) is 0. The molecule has 0 aromatic heterocycles. The number of hydrogen-bond acceptors (Lipinski definition) is 1. The largest absolute Gasteiger partial charge is 0.314 e. The molecule has 96 valence electrons. The summed E-state index contributed by atoms with van der Waals surface area (Å²) in [5, 5.41) is 4.46. The van der Waals surface area contributed by atoms with Gasteiger partial charge in [-0.1, -0.05) is 44.5 Å². The lowest BCUT2D eigenvalue weighted by Gasteiger charge is -2.22. The van der Waals surface area contributed by atoms with Crippen molar-refractivity contribution in [1.29, 1.82) is 0 Å². The number of aryl methyl sites for hydroxylation is 1. The van der Waals surface area contributed by atoms with Crippen LogP contribution in [0.4, 0.5) is 0 Å². The van der Waals surface area contributed by atoms with Crippen LogP contribution in [0.5, 0.6) is 0 Å². The average Bonchev–Trinajstić information content (AvgIpc) is 2.28. The molecule has 1 nitrogen and oxygen atoms in total. The second-order valence-electron chi connectivity index (χ2n) is 4.97.